The number of anilines is 1. The predicted molar refractivity (Wildman–Crippen MR) is 73.8 cm³/mol. The number of fused-ring (bicyclic) bond motifs is 2. The van der Waals surface area contributed by atoms with E-state index in [1.807, 2.05) is 23.3 Å². The van der Waals surface area contributed by atoms with Crippen molar-refractivity contribution >= 4 is 5.69 Å². The average Bonchev–Trinajstić information content (AvgIpc) is 2.84. The maximum absolute atomic E-state index is 6.01. The monoisotopic (exact) mass is 259 g/mol. The SMILES string of the molecule is c1ccc(NN2C[C@]3(CC4CCC3CC4)ON2)cc1. The molecule has 1 aliphatic heterocycles. The largest absolute Gasteiger partial charge is 0.304 e. The van der Waals surface area contributed by atoms with Gasteiger partial charge < -0.3 is 5.43 Å². The summed E-state index contributed by atoms with van der Waals surface area (Å²) in [6.07, 6.45) is 6.71. The predicted octanol–water partition coefficient (Wildman–Crippen LogP) is 2.71. The van der Waals surface area contributed by atoms with Gasteiger partial charge in [-0.1, -0.05) is 18.2 Å². The molecule has 4 heteroatoms. The summed E-state index contributed by atoms with van der Waals surface area (Å²) in [5.74, 6) is 1.61. The van der Waals surface area contributed by atoms with Gasteiger partial charge in [-0.05, 0) is 56.1 Å². The molecule has 3 saturated carbocycles. The molecule has 19 heavy (non-hydrogen) atoms. The van der Waals surface area contributed by atoms with Crippen LogP contribution in [0.25, 0.3) is 0 Å². The molecule has 5 rings (SSSR count). The van der Waals surface area contributed by atoms with Crippen LogP contribution in [0.15, 0.2) is 30.3 Å². The van der Waals surface area contributed by atoms with Crippen LogP contribution in [0.4, 0.5) is 5.69 Å². The molecular weight excluding hydrogens is 238 g/mol. The van der Waals surface area contributed by atoms with Crippen molar-refractivity contribution in [3.63, 3.8) is 0 Å². The minimum Gasteiger partial charge on any atom is -0.304 e. The molecule has 1 aromatic carbocycles. The van der Waals surface area contributed by atoms with Crippen LogP contribution in [0.5, 0.6) is 0 Å². The highest BCUT2D eigenvalue weighted by Crippen LogP contribution is 2.50. The average molecular weight is 259 g/mol. The van der Waals surface area contributed by atoms with E-state index in [0.29, 0.717) is 0 Å². The van der Waals surface area contributed by atoms with Crippen molar-refractivity contribution in [3.8, 4) is 0 Å². The third kappa shape index (κ3) is 2.04. The van der Waals surface area contributed by atoms with E-state index in [1.165, 1.54) is 32.1 Å². The van der Waals surface area contributed by atoms with Gasteiger partial charge in [-0.15, -0.1) is 10.7 Å². The minimum absolute atomic E-state index is 0.0446. The lowest BCUT2D eigenvalue weighted by atomic mass is 9.62. The Bertz CT molecular complexity index is 444. The van der Waals surface area contributed by atoms with E-state index in [2.05, 4.69) is 23.1 Å². The standard InChI is InChI=1S/C15H21N3O/c1-2-4-14(5-3-1)16-18-11-15(19-17-18)10-12-6-8-13(15)9-7-12/h1-5,12-13,16-17H,6-11H2/t12?,13?,15-/m0/s1. The van der Waals surface area contributed by atoms with E-state index in [-0.39, 0.29) is 5.60 Å². The second-order valence-electron chi connectivity index (χ2n) is 6.24. The number of nitrogens with zero attached hydrogens (tertiary/aromatic N) is 1. The van der Waals surface area contributed by atoms with Crippen molar-refractivity contribution in [2.45, 2.75) is 37.7 Å². The van der Waals surface area contributed by atoms with Gasteiger partial charge >= 0.3 is 0 Å². The van der Waals surface area contributed by atoms with Crippen LogP contribution < -0.4 is 11.0 Å². The molecule has 1 aromatic rings. The highest BCUT2D eigenvalue weighted by molar-refractivity contribution is 5.41. The van der Waals surface area contributed by atoms with E-state index in [4.69, 9.17) is 4.84 Å². The second-order valence-corrected chi connectivity index (χ2v) is 6.24. The number of hydrogen-bond donors (Lipinski definition) is 2. The first-order chi connectivity index (χ1) is 9.34. The number of rotatable bonds is 2. The normalized spacial score (nSPS) is 37.9. The molecule has 4 aliphatic rings. The first kappa shape index (κ1) is 11.7. The molecule has 1 spiro atoms. The van der Waals surface area contributed by atoms with Crippen molar-refractivity contribution in [2.24, 2.45) is 11.8 Å². The van der Waals surface area contributed by atoms with Gasteiger partial charge in [-0.3, -0.25) is 4.84 Å². The number of para-hydroxylation sites is 1. The summed E-state index contributed by atoms with van der Waals surface area (Å²) < 4.78 is 0. The quantitative estimate of drug-likeness (QED) is 0.856. The number of hydrazine groups is 2. The van der Waals surface area contributed by atoms with Crippen LogP contribution in [0.1, 0.15) is 32.1 Å². The van der Waals surface area contributed by atoms with Gasteiger partial charge in [0.15, 0.2) is 0 Å². The Balaban J connectivity index is 1.45. The molecule has 2 N–H and O–H groups in total. The van der Waals surface area contributed by atoms with Crippen LogP contribution in [0, 0.1) is 11.8 Å². The van der Waals surface area contributed by atoms with Gasteiger partial charge in [0, 0.05) is 0 Å². The summed E-state index contributed by atoms with van der Waals surface area (Å²) in [4.78, 5) is 6.01. The molecule has 4 fully saturated rings. The van der Waals surface area contributed by atoms with Crippen LogP contribution in [-0.4, -0.2) is 17.3 Å². The van der Waals surface area contributed by atoms with E-state index < -0.39 is 0 Å². The Morgan fingerprint density at radius 1 is 1.16 bits per heavy atom. The molecule has 0 unspecified atom stereocenters. The number of nitrogens with one attached hydrogen (secondary N) is 2. The van der Waals surface area contributed by atoms with Gasteiger partial charge in [0.2, 0.25) is 0 Å². The van der Waals surface area contributed by atoms with Gasteiger partial charge in [0.25, 0.3) is 0 Å². The molecule has 1 atom stereocenters. The summed E-state index contributed by atoms with van der Waals surface area (Å²) in [5, 5.41) is 2.00. The molecule has 2 bridgehead atoms. The fourth-order valence-corrected chi connectivity index (χ4v) is 4.08. The molecule has 1 heterocycles. The lowest BCUT2D eigenvalue weighted by Crippen LogP contribution is -2.50. The first-order valence-corrected chi connectivity index (χ1v) is 7.37. The molecule has 0 aromatic heterocycles. The van der Waals surface area contributed by atoms with Gasteiger partial charge in [-0.25, -0.2) is 0 Å². The van der Waals surface area contributed by atoms with Gasteiger partial charge in [0.05, 0.1) is 12.2 Å². The third-order valence-corrected chi connectivity index (χ3v) is 5.05. The Labute approximate surface area is 114 Å². The lowest BCUT2D eigenvalue weighted by molar-refractivity contribution is -0.146. The van der Waals surface area contributed by atoms with Crippen LogP contribution in [0.2, 0.25) is 0 Å². The zero-order valence-corrected chi connectivity index (χ0v) is 11.1. The van der Waals surface area contributed by atoms with Crippen molar-refractivity contribution in [2.75, 3.05) is 12.0 Å². The summed E-state index contributed by atoms with van der Waals surface area (Å²) in [7, 11) is 0. The molecule has 0 radical (unpaired) electrons. The summed E-state index contributed by atoms with van der Waals surface area (Å²) in [5.41, 5.74) is 7.58. The first-order valence-electron chi connectivity index (χ1n) is 7.37. The third-order valence-electron chi connectivity index (χ3n) is 5.05. The topological polar surface area (TPSA) is 36.5 Å². The zero-order valence-electron chi connectivity index (χ0n) is 11.1. The Morgan fingerprint density at radius 3 is 2.63 bits per heavy atom. The maximum atomic E-state index is 6.01. The van der Waals surface area contributed by atoms with Crippen molar-refractivity contribution in [1.82, 2.24) is 10.7 Å². The lowest BCUT2D eigenvalue weighted by Gasteiger charge is -2.47. The molecule has 4 nitrogen and oxygen atoms in total. The minimum atomic E-state index is 0.0446. The molecule has 3 aliphatic carbocycles. The summed E-state index contributed by atoms with van der Waals surface area (Å²) in [6, 6.07) is 10.2. The summed E-state index contributed by atoms with van der Waals surface area (Å²) >= 11 is 0. The van der Waals surface area contributed by atoms with E-state index in [9.17, 15) is 0 Å². The molecule has 102 valence electrons. The fourth-order valence-electron chi connectivity index (χ4n) is 4.08. The number of benzene rings is 1. The van der Waals surface area contributed by atoms with Gasteiger partial charge in [-0.2, -0.15) is 0 Å². The van der Waals surface area contributed by atoms with E-state index in [0.717, 1.165) is 24.1 Å². The fraction of sp³-hybridized carbons (Fsp3) is 0.600. The highest BCUT2D eigenvalue weighted by Gasteiger charge is 2.52. The van der Waals surface area contributed by atoms with Crippen LogP contribution in [-0.2, 0) is 4.84 Å². The summed E-state index contributed by atoms with van der Waals surface area (Å²) in [6.45, 7) is 0.934. The molecule has 0 amide bonds. The Hall–Kier alpha value is -1.10. The van der Waals surface area contributed by atoms with Crippen LogP contribution >= 0.6 is 0 Å². The molecule has 1 saturated heterocycles. The van der Waals surface area contributed by atoms with Crippen molar-refractivity contribution < 1.29 is 4.84 Å². The zero-order chi connectivity index (χ0) is 12.7. The number of hydrogen-bond acceptors (Lipinski definition) is 4. The van der Waals surface area contributed by atoms with E-state index in [1.54, 1.807) is 0 Å². The highest BCUT2D eigenvalue weighted by atomic mass is 16.7. The van der Waals surface area contributed by atoms with Crippen molar-refractivity contribution in [1.29, 1.82) is 0 Å². The Kier molecular flexibility index (Phi) is 2.76. The van der Waals surface area contributed by atoms with Crippen LogP contribution in [0.3, 0.4) is 0 Å². The van der Waals surface area contributed by atoms with Gasteiger partial charge in [0.1, 0.15) is 5.60 Å². The molecular formula is C15H21N3O. The Morgan fingerprint density at radius 2 is 1.95 bits per heavy atom. The maximum Gasteiger partial charge on any atom is 0.110 e. The van der Waals surface area contributed by atoms with Crippen molar-refractivity contribution in [3.05, 3.63) is 30.3 Å². The van der Waals surface area contributed by atoms with E-state index >= 15 is 0 Å². The smallest absolute Gasteiger partial charge is 0.110 e. The second kappa shape index (κ2) is 4.47.